The molecule has 0 fully saturated rings. The van der Waals surface area contributed by atoms with Crippen LogP contribution in [0.25, 0.3) is 0 Å². The van der Waals surface area contributed by atoms with Crippen molar-refractivity contribution in [3.8, 4) is 0 Å². The van der Waals surface area contributed by atoms with Crippen LogP contribution in [0.3, 0.4) is 0 Å². The molecule has 0 heterocycles. The zero-order chi connectivity index (χ0) is 16.0. The van der Waals surface area contributed by atoms with E-state index in [-0.39, 0.29) is 17.5 Å². The van der Waals surface area contributed by atoms with Gasteiger partial charge in [0.1, 0.15) is 6.04 Å². The molecule has 21 heavy (non-hydrogen) atoms. The molecule has 0 aliphatic carbocycles. The predicted molar refractivity (Wildman–Crippen MR) is 69.2 cm³/mol. The van der Waals surface area contributed by atoms with E-state index >= 15 is 0 Å². The van der Waals surface area contributed by atoms with Gasteiger partial charge in [-0.2, -0.15) is 0 Å². The normalized spacial score (nSPS) is 11.4. The highest BCUT2D eigenvalue weighted by molar-refractivity contribution is 6.05. The lowest BCUT2D eigenvalue weighted by Gasteiger charge is -2.14. The third kappa shape index (κ3) is 4.60. The fraction of sp³-hybridized carbons (Fsp3) is 0.231. The Balaban J connectivity index is 2.90. The number of nitrogens with one attached hydrogen (secondary N) is 1. The van der Waals surface area contributed by atoms with Crippen molar-refractivity contribution in [2.45, 2.75) is 18.9 Å². The topological polar surface area (TPSA) is 141 Å². The van der Waals surface area contributed by atoms with Crippen LogP contribution in [0.4, 0.5) is 0 Å². The molecule has 8 nitrogen and oxygen atoms in total. The first-order chi connectivity index (χ1) is 9.82. The van der Waals surface area contributed by atoms with Crippen LogP contribution in [0.1, 0.15) is 33.6 Å². The molecule has 0 radical (unpaired) electrons. The molecular weight excluding hydrogens is 282 g/mol. The summed E-state index contributed by atoms with van der Waals surface area (Å²) in [5, 5.41) is 28.5. The molecule has 1 aromatic rings. The van der Waals surface area contributed by atoms with E-state index in [1.807, 2.05) is 0 Å². The van der Waals surface area contributed by atoms with Crippen molar-refractivity contribution in [1.29, 1.82) is 0 Å². The second-order valence-electron chi connectivity index (χ2n) is 4.15. The van der Waals surface area contributed by atoms with Gasteiger partial charge in [-0.15, -0.1) is 0 Å². The molecule has 0 saturated heterocycles. The summed E-state index contributed by atoms with van der Waals surface area (Å²) in [5.74, 6) is -4.79. The minimum absolute atomic E-state index is 0.188. The second-order valence-corrected chi connectivity index (χ2v) is 4.15. The zero-order valence-electron chi connectivity index (χ0n) is 10.8. The molecule has 1 atom stereocenters. The molecule has 4 N–H and O–H groups in total. The third-order valence-electron chi connectivity index (χ3n) is 2.65. The Labute approximate surface area is 119 Å². The van der Waals surface area contributed by atoms with E-state index in [0.29, 0.717) is 0 Å². The Hall–Kier alpha value is -2.90. The van der Waals surface area contributed by atoms with E-state index in [1.54, 1.807) is 0 Å². The van der Waals surface area contributed by atoms with Crippen molar-refractivity contribution in [1.82, 2.24) is 5.32 Å². The molecule has 1 aromatic carbocycles. The lowest BCUT2D eigenvalue weighted by molar-refractivity contribution is -0.140. The van der Waals surface area contributed by atoms with E-state index in [0.717, 1.165) is 0 Å². The summed E-state index contributed by atoms with van der Waals surface area (Å²) in [6, 6.07) is 3.92. The maximum atomic E-state index is 11.9. The van der Waals surface area contributed by atoms with Gasteiger partial charge in [-0.25, -0.2) is 9.59 Å². The van der Waals surface area contributed by atoms with Crippen LogP contribution in [0.2, 0.25) is 0 Å². The maximum Gasteiger partial charge on any atom is 0.336 e. The van der Waals surface area contributed by atoms with Gasteiger partial charge in [0.15, 0.2) is 0 Å². The van der Waals surface area contributed by atoms with Gasteiger partial charge in [0, 0.05) is 6.42 Å². The molecule has 8 heteroatoms. The number of hydrogen-bond acceptors (Lipinski definition) is 4. The standard InChI is InChI=1S/C13H13NO7/c15-10(16)6-5-9(13(20)21)14-11(17)7-3-1-2-4-8(7)12(18)19/h1-4,9H,5-6H2,(H,14,17)(H,15,16)(H,18,19)(H,20,21)/t9-/m0/s1. The second kappa shape index (κ2) is 7.04. The van der Waals surface area contributed by atoms with Crippen molar-refractivity contribution in [3.63, 3.8) is 0 Å². The van der Waals surface area contributed by atoms with Crippen LogP contribution < -0.4 is 5.32 Å². The Morgan fingerprint density at radius 2 is 1.57 bits per heavy atom. The molecule has 0 aliphatic heterocycles. The molecule has 0 bridgehead atoms. The smallest absolute Gasteiger partial charge is 0.336 e. The number of amides is 1. The molecular formula is C13H13NO7. The van der Waals surface area contributed by atoms with Gasteiger partial charge in [0.25, 0.3) is 5.91 Å². The molecule has 0 aliphatic rings. The lowest BCUT2D eigenvalue weighted by Crippen LogP contribution is -2.41. The fourth-order valence-corrected chi connectivity index (χ4v) is 1.63. The van der Waals surface area contributed by atoms with Crippen LogP contribution in [0, 0.1) is 0 Å². The molecule has 1 rings (SSSR count). The first kappa shape index (κ1) is 16.2. The minimum Gasteiger partial charge on any atom is -0.481 e. The molecule has 0 spiro atoms. The highest BCUT2D eigenvalue weighted by Crippen LogP contribution is 2.10. The zero-order valence-corrected chi connectivity index (χ0v) is 10.8. The van der Waals surface area contributed by atoms with Gasteiger partial charge in [0.05, 0.1) is 11.1 Å². The van der Waals surface area contributed by atoms with Crippen LogP contribution >= 0.6 is 0 Å². The molecule has 0 unspecified atom stereocenters. The summed E-state index contributed by atoms with van der Waals surface area (Å²) in [7, 11) is 0. The van der Waals surface area contributed by atoms with Gasteiger partial charge in [-0.05, 0) is 18.6 Å². The number of rotatable bonds is 7. The third-order valence-corrected chi connectivity index (χ3v) is 2.65. The van der Waals surface area contributed by atoms with Gasteiger partial charge < -0.3 is 20.6 Å². The highest BCUT2D eigenvalue weighted by Gasteiger charge is 2.23. The maximum absolute atomic E-state index is 11.9. The summed E-state index contributed by atoms with van der Waals surface area (Å²) >= 11 is 0. The summed E-state index contributed by atoms with van der Waals surface area (Å²) in [6.07, 6.45) is -0.733. The fourth-order valence-electron chi connectivity index (χ4n) is 1.63. The number of aromatic carboxylic acids is 1. The molecule has 0 aromatic heterocycles. The van der Waals surface area contributed by atoms with Gasteiger partial charge in [-0.1, -0.05) is 12.1 Å². The van der Waals surface area contributed by atoms with E-state index in [4.69, 9.17) is 15.3 Å². The van der Waals surface area contributed by atoms with Crippen molar-refractivity contribution >= 4 is 23.8 Å². The lowest BCUT2D eigenvalue weighted by atomic mass is 10.1. The summed E-state index contributed by atoms with van der Waals surface area (Å²) < 4.78 is 0. The van der Waals surface area contributed by atoms with E-state index in [1.165, 1.54) is 24.3 Å². The number of carbonyl (C=O) groups excluding carboxylic acids is 1. The minimum atomic E-state index is -1.41. The molecule has 0 saturated carbocycles. The van der Waals surface area contributed by atoms with Crippen LogP contribution in [-0.2, 0) is 9.59 Å². The van der Waals surface area contributed by atoms with Gasteiger partial charge in [-0.3, -0.25) is 9.59 Å². The summed E-state index contributed by atoms with van der Waals surface area (Å²) in [5.41, 5.74) is -0.455. The SMILES string of the molecule is O=C(O)CC[C@H](NC(=O)c1ccccc1C(=O)O)C(=O)O. The number of carboxylic acids is 3. The van der Waals surface area contributed by atoms with Crippen LogP contribution in [0.5, 0.6) is 0 Å². The Morgan fingerprint density at radius 3 is 2.05 bits per heavy atom. The number of benzene rings is 1. The Bertz CT molecular complexity index is 582. The predicted octanol–water partition coefficient (Wildman–Crippen LogP) is 0.433. The Morgan fingerprint density at radius 1 is 1.00 bits per heavy atom. The van der Waals surface area contributed by atoms with E-state index < -0.39 is 36.3 Å². The van der Waals surface area contributed by atoms with E-state index in [2.05, 4.69) is 5.32 Å². The largest absolute Gasteiger partial charge is 0.481 e. The molecule has 1 amide bonds. The first-order valence-corrected chi connectivity index (χ1v) is 5.90. The monoisotopic (exact) mass is 295 g/mol. The van der Waals surface area contributed by atoms with Crippen molar-refractivity contribution in [3.05, 3.63) is 35.4 Å². The highest BCUT2D eigenvalue weighted by atomic mass is 16.4. The van der Waals surface area contributed by atoms with Gasteiger partial charge >= 0.3 is 17.9 Å². The van der Waals surface area contributed by atoms with Crippen molar-refractivity contribution < 1.29 is 34.5 Å². The summed E-state index contributed by atoms with van der Waals surface area (Å²) in [6.45, 7) is 0. The number of aliphatic carboxylic acids is 2. The first-order valence-electron chi connectivity index (χ1n) is 5.90. The Kier molecular flexibility index (Phi) is 5.41. The average Bonchev–Trinajstić information content (AvgIpc) is 2.42. The quantitative estimate of drug-likeness (QED) is 0.571. The molecule has 112 valence electrons. The van der Waals surface area contributed by atoms with Crippen molar-refractivity contribution in [2.24, 2.45) is 0 Å². The number of hydrogen-bond donors (Lipinski definition) is 4. The van der Waals surface area contributed by atoms with Gasteiger partial charge in [0.2, 0.25) is 0 Å². The summed E-state index contributed by atoms with van der Waals surface area (Å²) in [4.78, 5) is 44.3. The van der Waals surface area contributed by atoms with Crippen LogP contribution in [-0.4, -0.2) is 45.2 Å². The van der Waals surface area contributed by atoms with E-state index in [9.17, 15) is 19.2 Å². The number of carbonyl (C=O) groups is 4. The van der Waals surface area contributed by atoms with Crippen molar-refractivity contribution in [2.75, 3.05) is 0 Å². The van der Waals surface area contributed by atoms with Crippen LogP contribution in [0.15, 0.2) is 24.3 Å². The average molecular weight is 295 g/mol. The number of carboxylic acid groups (broad SMARTS) is 3.